The molecule has 0 aromatic rings. The summed E-state index contributed by atoms with van der Waals surface area (Å²) in [5.74, 6) is -1.12. The summed E-state index contributed by atoms with van der Waals surface area (Å²) in [4.78, 5) is 11.3. The number of hydrogen-bond donors (Lipinski definition) is 1. The molecule has 0 aromatic heterocycles. The highest BCUT2D eigenvalue weighted by Gasteiger charge is 2.72. The monoisotopic (exact) mass is 287 g/mol. The van der Waals surface area contributed by atoms with Crippen molar-refractivity contribution in [2.24, 2.45) is 5.41 Å². The minimum atomic E-state index is -4.67. The second-order valence-corrected chi connectivity index (χ2v) is 6.89. The van der Waals surface area contributed by atoms with Gasteiger partial charge in [0.25, 0.3) is 0 Å². The summed E-state index contributed by atoms with van der Waals surface area (Å²) in [6.45, 7) is -0.761. The van der Waals surface area contributed by atoms with Gasteiger partial charge in [0.15, 0.2) is 15.1 Å². The Hall–Kier alpha value is -0.830. The molecular formula is C9H12F3NO4S. The summed E-state index contributed by atoms with van der Waals surface area (Å²) < 4.78 is 67.7. The highest BCUT2D eigenvalue weighted by molar-refractivity contribution is 7.93. The predicted octanol–water partition coefficient (Wildman–Crippen LogP) is -0.133. The minimum absolute atomic E-state index is 0.282. The second kappa shape index (κ2) is 3.83. The summed E-state index contributed by atoms with van der Waals surface area (Å²) in [7, 11) is -3.21. The van der Waals surface area contributed by atoms with E-state index in [1.54, 1.807) is 0 Å². The van der Waals surface area contributed by atoms with Gasteiger partial charge in [0.2, 0.25) is 0 Å². The van der Waals surface area contributed by atoms with Crippen molar-refractivity contribution in [1.29, 1.82) is 0 Å². The third kappa shape index (κ3) is 1.56. The fourth-order valence-corrected chi connectivity index (χ4v) is 5.35. The van der Waals surface area contributed by atoms with Crippen molar-refractivity contribution in [3.8, 4) is 0 Å². The molecule has 2 saturated heterocycles. The van der Waals surface area contributed by atoms with Gasteiger partial charge in [0.1, 0.15) is 0 Å². The molecule has 2 heterocycles. The van der Waals surface area contributed by atoms with Crippen LogP contribution in [0.3, 0.4) is 0 Å². The number of carbonyl (C=O) groups excluding carboxylic acids is 1. The number of ether oxygens (including phenoxy) is 1. The van der Waals surface area contributed by atoms with Crippen LogP contribution in [0.25, 0.3) is 0 Å². The van der Waals surface area contributed by atoms with Crippen LogP contribution >= 0.6 is 0 Å². The first kappa shape index (κ1) is 13.6. The molecule has 0 spiro atoms. The van der Waals surface area contributed by atoms with Gasteiger partial charge in [-0.05, 0) is 6.42 Å². The average molecular weight is 287 g/mol. The number of nitrogens with one attached hydrogen (secondary N) is 1. The number of carbonyl (C=O) groups is 1. The third-order valence-corrected chi connectivity index (χ3v) is 6.32. The number of methoxy groups -OCH3 is 1. The first-order chi connectivity index (χ1) is 8.17. The molecule has 2 aliphatic rings. The molecule has 1 unspecified atom stereocenters. The zero-order valence-corrected chi connectivity index (χ0v) is 10.3. The van der Waals surface area contributed by atoms with E-state index < -0.39 is 50.9 Å². The normalized spacial score (nSPS) is 38.4. The van der Waals surface area contributed by atoms with Gasteiger partial charge in [-0.25, -0.2) is 8.42 Å². The van der Waals surface area contributed by atoms with Crippen LogP contribution in [0.15, 0.2) is 0 Å². The molecule has 104 valence electrons. The van der Waals surface area contributed by atoms with Gasteiger partial charge in [-0.3, -0.25) is 4.79 Å². The first-order valence-corrected chi connectivity index (χ1v) is 6.86. The lowest BCUT2D eigenvalue weighted by Gasteiger charge is -2.29. The van der Waals surface area contributed by atoms with Gasteiger partial charge >= 0.3 is 12.1 Å². The molecule has 0 radical (unpaired) electrons. The molecule has 3 atom stereocenters. The van der Waals surface area contributed by atoms with E-state index in [4.69, 9.17) is 0 Å². The van der Waals surface area contributed by atoms with Crippen molar-refractivity contribution in [1.82, 2.24) is 5.32 Å². The lowest BCUT2D eigenvalue weighted by molar-refractivity contribution is -0.215. The van der Waals surface area contributed by atoms with E-state index in [0.717, 1.165) is 7.11 Å². The summed E-state index contributed by atoms with van der Waals surface area (Å²) in [5, 5.41) is -0.861. The van der Waals surface area contributed by atoms with Crippen molar-refractivity contribution in [3.63, 3.8) is 0 Å². The molecule has 2 rings (SSSR count). The zero-order valence-electron chi connectivity index (χ0n) is 9.45. The number of hydrogen-bond acceptors (Lipinski definition) is 5. The Bertz CT molecular complexity index is 475. The Kier molecular flexibility index (Phi) is 2.89. The zero-order chi connectivity index (χ0) is 13.8. The van der Waals surface area contributed by atoms with Crippen molar-refractivity contribution in [2.75, 3.05) is 20.2 Å². The highest BCUT2D eigenvalue weighted by Crippen LogP contribution is 2.55. The SMILES string of the molecule is COC(=O)C1C[C@]2(C(F)(F)F)CNC[C@@H]2S1(=O)=O. The number of sulfone groups is 1. The van der Waals surface area contributed by atoms with E-state index in [2.05, 4.69) is 10.1 Å². The smallest absolute Gasteiger partial charge is 0.397 e. The second-order valence-electron chi connectivity index (χ2n) is 4.58. The first-order valence-electron chi connectivity index (χ1n) is 5.25. The van der Waals surface area contributed by atoms with Crippen LogP contribution in [0.1, 0.15) is 6.42 Å². The van der Waals surface area contributed by atoms with Gasteiger partial charge in [-0.2, -0.15) is 13.2 Å². The van der Waals surface area contributed by atoms with Gasteiger partial charge in [0, 0.05) is 13.1 Å². The summed E-state index contributed by atoms with van der Waals surface area (Å²) in [5.41, 5.74) is -2.37. The van der Waals surface area contributed by atoms with E-state index >= 15 is 0 Å². The number of alkyl halides is 3. The van der Waals surface area contributed by atoms with E-state index in [0.29, 0.717) is 0 Å². The number of fused-ring (bicyclic) bond motifs is 1. The average Bonchev–Trinajstić information content (AvgIpc) is 2.76. The van der Waals surface area contributed by atoms with E-state index in [1.165, 1.54) is 0 Å². The molecule has 18 heavy (non-hydrogen) atoms. The van der Waals surface area contributed by atoms with Gasteiger partial charge in [-0.15, -0.1) is 0 Å². The third-order valence-electron chi connectivity index (χ3n) is 3.76. The quantitative estimate of drug-likeness (QED) is 0.680. The summed E-state index contributed by atoms with van der Waals surface area (Å²) >= 11 is 0. The van der Waals surface area contributed by atoms with Crippen LogP contribution in [0.2, 0.25) is 0 Å². The largest absolute Gasteiger partial charge is 0.468 e. The number of rotatable bonds is 1. The summed E-state index contributed by atoms with van der Waals surface area (Å²) in [6, 6.07) is 0. The molecule has 1 N–H and O–H groups in total. The maximum Gasteiger partial charge on any atom is 0.397 e. The lowest BCUT2D eigenvalue weighted by Crippen LogP contribution is -2.45. The Labute approximate surface area is 102 Å². The summed E-state index contributed by atoms with van der Waals surface area (Å²) in [6.07, 6.45) is -5.43. The Morgan fingerprint density at radius 1 is 1.44 bits per heavy atom. The topological polar surface area (TPSA) is 72.5 Å². The standard InChI is InChI=1S/C9H12F3NO4S/c1-17-7(14)5-2-8(9(10,11)12)4-13-3-6(8)18(5,15)16/h5-6,13H,2-4H2,1H3/t5?,6-,8-/m0/s1. The Morgan fingerprint density at radius 3 is 2.50 bits per heavy atom. The van der Waals surface area contributed by atoms with Crippen LogP contribution in [-0.4, -0.2) is 51.3 Å². The fraction of sp³-hybridized carbons (Fsp3) is 0.889. The minimum Gasteiger partial charge on any atom is -0.468 e. The highest BCUT2D eigenvalue weighted by atomic mass is 32.2. The van der Waals surface area contributed by atoms with Crippen LogP contribution in [0.5, 0.6) is 0 Å². The molecule has 2 fully saturated rings. The fourth-order valence-electron chi connectivity index (χ4n) is 2.76. The van der Waals surface area contributed by atoms with Crippen molar-refractivity contribution >= 4 is 15.8 Å². The van der Waals surface area contributed by atoms with Crippen LogP contribution in [0.4, 0.5) is 13.2 Å². The Balaban J connectivity index is 2.49. The van der Waals surface area contributed by atoms with Gasteiger partial charge < -0.3 is 10.1 Å². The number of esters is 1. The van der Waals surface area contributed by atoms with E-state index in [9.17, 15) is 26.4 Å². The van der Waals surface area contributed by atoms with Crippen molar-refractivity contribution in [3.05, 3.63) is 0 Å². The van der Waals surface area contributed by atoms with Crippen molar-refractivity contribution in [2.45, 2.75) is 23.1 Å². The van der Waals surface area contributed by atoms with Crippen molar-refractivity contribution < 1.29 is 31.1 Å². The molecule has 5 nitrogen and oxygen atoms in total. The van der Waals surface area contributed by atoms with Crippen LogP contribution < -0.4 is 5.32 Å². The molecule has 0 amide bonds. The molecule has 9 heteroatoms. The van der Waals surface area contributed by atoms with E-state index in [-0.39, 0.29) is 6.54 Å². The van der Waals surface area contributed by atoms with Gasteiger partial charge in [0.05, 0.1) is 17.8 Å². The molecule has 0 saturated carbocycles. The van der Waals surface area contributed by atoms with Crippen LogP contribution in [0, 0.1) is 5.41 Å². The maximum absolute atomic E-state index is 13.1. The molecule has 0 aromatic carbocycles. The molecular weight excluding hydrogens is 275 g/mol. The predicted molar refractivity (Wildman–Crippen MR) is 54.5 cm³/mol. The Morgan fingerprint density at radius 2 is 2.06 bits per heavy atom. The number of halogens is 3. The molecule has 0 bridgehead atoms. The van der Waals surface area contributed by atoms with E-state index in [1.807, 2.05) is 0 Å². The molecule has 0 aliphatic carbocycles. The van der Waals surface area contributed by atoms with Crippen LogP contribution in [-0.2, 0) is 19.4 Å². The maximum atomic E-state index is 13.1. The molecule has 2 aliphatic heterocycles. The van der Waals surface area contributed by atoms with Gasteiger partial charge in [-0.1, -0.05) is 0 Å². The lowest BCUT2D eigenvalue weighted by atomic mass is 9.81.